The quantitative estimate of drug-likeness (QED) is 0.866. The van der Waals surface area contributed by atoms with Gasteiger partial charge in [0.2, 0.25) is 0 Å². The Balaban J connectivity index is 2.12. The van der Waals surface area contributed by atoms with Gasteiger partial charge in [-0.1, -0.05) is 12.1 Å². The first-order valence-corrected chi connectivity index (χ1v) is 5.58. The maximum atomic E-state index is 12.3. The zero-order valence-electron chi connectivity index (χ0n) is 9.24. The summed E-state index contributed by atoms with van der Waals surface area (Å²) in [5.41, 5.74) is 0.807. The van der Waals surface area contributed by atoms with Crippen molar-refractivity contribution in [3.63, 3.8) is 0 Å². The summed E-state index contributed by atoms with van der Waals surface area (Å²) < 4.78 is 36.8. The molecule has 1 N–H and O–H groups in total. The molecule has 0 bridgehead atoms. The highest BCUT2D eigenvalue weighted by atomic mass is 19.4. The summed E-state index contributed by atoms with van der Waals surface area (Å²) in [5, 5.41) is 9.07. The maximum absolute atomic E-state index is 12.3. The lowest BCUT2D eigenvalue weighted by Gasteiger charge is -2.19. The van der Waals surface area contributed by atoms with Crippen LogP contribution in [-0.4, -0.2) is 24.4 Å². The number of hydrogen-bond donors (Lipinski definition) is 1. The Morgan fingerprint density at radius 2 is 1.59 bits per heavy atom. The molecule has 0 spiro atoms. The smallest absolute Gasteiger partial charge is 0.379 e. The van der Waals surface area contributed by atoms with Gasteiger partial charge in [0.25, 0.3) is 0 Å². The van der Waals surface area contributed by atoms with Crippen LogP contribution in [0.25, 0.3) is 0 Å². The largest absolute Gasteiger partial charge is 0.418 e. The number of benzene rings is 1. The van der Waals surface area contributed by atoms with E-state index in [1.165, 1.54) is 12.1 Å². The molecular formula is C12H14F3NO. The van der Waals surface area contributed by atoms with Gasteiger partial charge in [0.15, 0.2) is 6.10 Å². The SMILES string of the molecule is O[C@H](c1ccc(N2CCCC2)cc1)C(F)(F)F. The molecule has 1 saturated heterocycles. The third-order valence-corrected chi connectivity index (χ3v) is 2.99. The van der Waals surface area contributed by atoms with Crippen molar-refractivity contribution < 1.29 is 18.3 Å². The van der Waals surface area contributed by atoms with Gasteiger partial charge < -0.3 is 10.0 Å². The van der Waals surface area contributed by atoms with Crippen molar-refractivity contribution in [2.75, 3.05) is 18.0 Å². The van der Waals surface area contributed by atoms with Gasteiger partial charge in [0.1, 0.15) is 0 Å². The van der Waals surface area contributed by atoms with Crippen molar-refractivity contribution in [1.29, 1.82) is 0 Å². The van der Waals surface area contributed by atoms with Crippen LogP contribution in [0.3, 0.4) is 0 Å². The molecule has 1 aliphatic heterocycles. The highest BCUT2D eigenvalue weighted by Crippen LogP contribution is 2.33. The third kappa shape index (κ3) is 2.72. The van der Waals surface area contributed by atoms with E-state index in [-0.39, 0.29) is 5.56 Å². The zero-order chi connectivity index (χ0) is 12.5. The normalized spacial score (nSPS) is 18.5. The molecule has 1 heterocycles. The fourth-order valence-corrected chi connectivity index (χ4v) is 2.03. The van der Waals surface area contributed by atoms with E-state index < -0.39 is 12.3 Å². The van der Waals surface area contributed by atoms with Crippen molar-refractivity contribution in [3.8, 4) is 0 Å². The van der Waals surface area contributed by atoms with E-state index in [9.17, 15) is 13.2 Å². The fraction of sp³-hybridized carbons (Fsp3) is 0.500. The van der Waals surface area contributed by atoms with Gasteiger partial charge in [0.05, 0.1) is 0 Å². The average molecular weight is 245 g/mol. The molecule has 0 aromatic heterocycles. The molecule has 17 heavy (non-hydrogen) atoms. The molecule has 1 aromatic carbocycles. The van der Waals surface area contributed by atoms with Crippen LogP contribution in [0.15, 0.2) is 24.3 Å². The van der Waals surface area contributed by atoms with Crippen molar-refractivity contribution in [3.05, 3.63) is 29.8 Å². The van der Waals surface area contributed by atoms with Crippen molar-refractivity contribution >= 4 is 5.69 Å². The van der Waals surface area contributed by atoms with E-state index >= 15 is 0 Å². The maximum Gasteiger partial charge on any atom is 0.418 e. The predicted octanol–water partition coefficient (Wildman–Crippen LogP) is 2.88. The number of aliphatic hydroxyl groups is 1. The van der Waals surface area contributed by atoms with Crippen LogP contribution in [0.5, 0.6) is 0 Å². The van der Waals surface area contributed by atoms with Crippen LogP contribution in [0.2, 0.25) is 0 Å². The molecule has 1 aromatic rings. The van der Waals surface area contributed by atoms with Crippen molar-refractivity contribution in [1.82, 2.24) is 0 Å². The highest BCUT2D eigenvalue weighted by molar-refractivity contribution is 5.48. The molecule has 2 nitrogen and oxygen atoms in total. The van der Waals surface area contributed by atoms with E-state index in [0.717, 1.165) is 31.6 Å². The van der Waals surface area contributed by atoms with Crippen LogP contribution in [-0.2, 0) is 0 Å². The fourth-order valence-electron chi connectivity index (χ4n) is 2.03. The Labute approximate surface area is 97.7 Å². The van der Waals surface area contributed by atoms with Crippen LogP contribution in [0.1, 0.15) is 24.5 Å². The standard InChI is InChI=1S/C12H14F3NO/c13-12(14,15)11(17)9-3-5-10(6-4-9)16-7-1-2-8-16/h3-6,11,17H,1-2,7-8H2/t11-/m1/s1. The molecule has 2 rings (SSSR count). The lowest BCUT2D eigenvalue weighted by Crippen LogP contribution is -2.21. The van der Waals surface area contributed by atoms with E-state index in [2.05, 4.69) is 4.90 Å². The molecule has 0 amide bonds. The van der Waals surface area contributed by atoms with Gasteiger partial charge in [-0.15, -0.1) is 0 Å². The highest BCUT2D eigenvalue weighted by Gasteiger charge is 2.39. The Bertz CT molecular complexity index is 368. The number of alkyl halides is 3. The third-order valence-electron chi connectivity index (χ3n) is 2.99. The molecule has 0 unspecified atom stereocenters. The van der Waals surface area contributed by atoms with Gasteiger partial charge in [-0.3, -0.25) is 0 Å². The lowest BCUT2D eigenvalue weighted by molar-refractivity contribution is -0.206. The van der Waals surface area contributed by atoms with E-state index in [1.807, 2.05) is 0 Å². The summed E-state index contributed by atoms with van der Waals surface area (Å²) in [6.45, 7) is 1.89. The summed E-state index contributed by atoms with van der Waals surface area (Å²) in [7, 11) is 0. The topological polar surface area (TPSA) is 23.5 Å². The van der Waals surface area contributed by atoms with Gasteiger partial charge >= 0.3 is 6.18 Å². The van der Waals surface area contributed by atoms with E-state index in [4.69, 9.17) is 5.11 Å². The summed E-state index contributed by atoms with van der Waals surface area (Å²) in [6.07, 6.45) is -4.76. The number of anilines is 1. The van der Waals surface area contributed by atoms with Gasteiger partial charge in [0, 0.05) is 18.8 Å². The Morgan fingerprint density at radius 1 is 1.06 bits per heavy atom. The Kier molecular flexibility index (Phi) is 3.28. The van der Waals surface area contributed by atoms with Gasteiger partial charge in [-0.25, -0.2) is 0 Å². The minimum atomic E-state index is -4.60. The molecule has 0 radical (unpaired) electrons. The predicted molar refractivity (Wildman–Crippen MR) is 58.9 cm³/mol. The molecule has 1 atom stereocenters. The number of aliphatic hydroxyl groups excluding tert-OH is 1. The minimum absolute atomic E-state index is 0.111. The first-order chi connectivity index (χ1) is 7.98. The van der Waals surface area contributed by atoms with E-state index in [0.29, 0.717) is 0 Å². The second-order valence-electron chi connectivity index (χ2n) is 4.23. The van der Waals surface area contributed by atoms with E-state index in [1.54, 1.807) is 12.1 Å². The molecule has 1 fully saturated rings. The second-order valence-corrected chi connectivity index (χ2v) is 4.23. The van der Waals surface area contributed by atoms with Crippen molar-refractivity contribution in [2.24, 2.45) is 0 Å². The first-order valence-electron chi connectivity index (χ1n) is 5.58. The molecule has 0 aliphatic carbocycles. The lowest BCUT2D eigenvalue weighted by atomic mass is 10.1. The van der Waals surface area contributed by atoms with Gasteiger partial charge in [-0.05, 0) is 30.5 Å². The second kappa shape index (κ2) is 4.56. The van der Waals surface area contributed by atoms with Crippen LogP contribution >= 0.6 is 0 Å². The molecule has 5 heteroatoms. The van der Waals surface area contributed by atoms with Crippen LogP contribution in [0.4, 0.5) is 18.9 Å². The minimum Gasteiger partial charge on any atom is -0.379 e. The average Bonchev–Trinajstić information content (AvgIpc) is 2.80. The first kappa shape index (κ1) is 12.2. The Morgan fingerprint density at radius 3 is 2.06 bits per heavy atom. The molecular weight excluding hydrogens is 231 g/mol. The number of nitrogens with zero attached hydrogens (tertiary/aromatic N) is 1. The summed E-state index contributed by atoms with van der Waals surface area (Å²) in [4.78, 5) is 2.13. The van der Waals surface area contributed by atoms with Crippen LogP contribution < -0.4 is 4.90 Å². The monoisotopic (exact) mass is 245 g/mol. The summed E-state index contributed by atoms with van der Waals surface area (Å²) in [5.74, 6) is 0. The number of rotatable bonds is 2. The van der Waals surface area contributed by atoms with Gasteiger partial charge in [-0.2, -0.15) is 13.2 Å². The number of halogens is 3. The zero-order valence-corrected chi connectivity index (χ0v) is 9.24. The van der Waals surface area contributed by atoms with Crippen molar-refractivity contribution in [2.45, 2.75) is 25.1 Å². The summed E-state index contributed by atoms with van der Waals surface area (Å²) in [6, 6.07) is 5.95. The van der Waals surface area contributed by atoms with Crippen LogP contribution in [0, 0.1) is 0 Å². The number of hydrogen-bond acceptors (Lipinski definition) is 2. The molecule has 94 valence electrons. The molecule has 1 aliphatic rings. The summed E-state index contributed by atoms with van der Waals surface area (Å²) >= 11 is 0. The molecule has 0 saturated carbocycles. The Hall–Kier alpha value is -1.23.